The number of benzene rings is 1. The van der Waals surface area contributed by atoms with Crippen LogP contribution in [0.2, 0.25) is 0 Å². The molecule has 1 unspecified atom stereocenters. The molecule has 0 radical (unpaired) electrons. The van der Waals surface area contributed by atoms with Crippen molar-refractivity contribution in [3.8, 4) is 0 Å². The van der Waals surface area contributed by atoms with Gasteiger partial charge in [-0.25, -0.2) is 8.42 Å². The fourth-order valence-corrected chi connectivity index (χ4v) is 5.76. The average Bonchev–Trinajstić information content (AvgIpc) is 3.02. The van der Waals surface area contributed by atoms with Crippen LogP contribution in [0.5, 0.6) is 0 Å². The van der Waals surface area contributed by atoms with Gasteiger partial charge in [0.2, 0.25) is 11.8 Å². The summed E-state index contributed by atoms with van der Waals surface area (Å²) >= 11 is 0. The Balaban J connectivity index is 1.44. The third-order valence-corrected chi connectivity index (χ3v) is 7.54. The molecule has 2 heterocycles. The minimum atomic E-state index is -3.04. The lowest BCUT2D eigenvalue weighted by molar-refractivity contribution is -0.141. The maximum atomic E-state index is 12.5. The normalized spacial score (nSPS) is 22.6. The molecule has 1 aromatic carbocycles. The lowest BCUT2D eigenvalue weighted by Crippen LogP contribution is -2.43. The maximum Gasteiger partial charge on any atom is 0.232 e. The third-order valence-electron chi connectivity index (χ3n) is 5.79. The topological polar surface area (TPSA) is 74.8 Å². The number of sulfone groups is 1. The zero-order valence-electron chi connectivity index (χ0n) is 15.8. The number of carbonyl (C=O) groups excluding carboxylic acids is 2. The highest BCUT2D eigenvalue weighted by Gasteiger charge is 2.34. The summed E-state index contributed by atoms with van der Waals surface area (Å²) in [5, 5.41) is 0. The van der Waals surface area contributed by atoms with Crippen molar-refractivity contribution < 1.29 is 18.0 Å². The van der Waals surface area contributed by atoms with E-state index in [1.165, 1.54) is 10.5 Å². The van der Waals surface area contributed by atoms with Gasteiger partial charge < -0.3 is 9.80 Å². The summed E-state index contributed by atoms with van der Waals surface area (Å²) in [5.74, 6) is 0.268. The lowest BCUT2D eigenvalue weighted by Gasteiger charge is -2.32. The summed E-state index contributed by atoms with van der Waals surface area (Å²) in [6, 6.07) is 10.1. The van der Waals surface area contributed by atoms with Crippen molar-refractivity contribution in [1.29, 1.82) is 0 Å². The molecular weight excluding hydrogens is 364 g/mol. The van der Waals surface area contributed by atoms with Crippen molar-refractivity contribution >= 4 is 21.7 Å². The van der Waals surface area contributed by atoms with Gasteiger partial charge in [-0.15, -0.1) is 0 Å². The first-order chi connectivity index (χ1) is 12.8. The maximum absolute atomic E-state index is 12.5. The molecule has 0 N–H and O–H groups in total. The van der Waals surface area contributed by atoms with Gasteiger partial charge in [-0.2, -0.15) is 0 Å². The number of hydrogen-bond donors (Lipinski definition) is 0. The van der Waals surface area contributed by atoms with Crippen LogP contribution >= 0.6 is 0 Å². The van der Waals surface area contributed by atoms with Crippen molar-refractivity contribution in [3.63, 3.8) is 0 Å². The third kappa shape index (κ3) is 5.31. The van der Waals surface area contributed by atoms with Crippen LogP contribution in [0, 0.1) is 5.92 Å². The van der Waals surface area contributed by atoms with Gasteiger partial charge >= 0.3 is 0 Å². The Kier molecular flexibility index (Phi) is 6.19. The second-order valence-electron chi connectivity index (χ2n) is 7.75. The van der Waals surface area contributed by atoms with Gasteiger partial charge in [0.25, 0.3) is 0 Å². The average molecular weight is 393 g/mol. The number of rotatable bonds is 5. The minimum absolute atomic E-state index is 0.00824. The molecule has 3 rings (SSSR count). The van der Waals surface area contributed by atoms with E-state index in [-0.39, 0.29) is 35.8 Å². The van der Waals surface area contributed by atoms with Gasteiger partial charge in [0.05, 0.1) is 11.5 Å². The molecule has 27 heavy (non-hydrogen) atoms. The summed E-state index contributed by atoms with van der Waals surface area (Å²) in [5.41, 5.74) is 1.32. The van der Waals surface area contributed by atoms with E-state index >= 15 is 0 Å². The Morgan fingerprint density at radius 3 is 2.37 bits per heavy atom. The zero-order chi connectivity index (χ0) is 19.4. The van der Waals surface area contributed by atoms with Crippen LogP contribution in [0.3, 0.4) is 0 Å². The van der Waals surface area contributed by atoms with Crippen LogP contribution in [0.1, 0.15) is 31.2 Å². The fraction of sp³-hybridized carbons (Fsp3) is 0.600. The smallest absolute Gasteiger partial charge is 0.232 e. The highest BCUT2D eigenvalue weighted by atomic mass is 32.2. The largest absolute Gasteiger partial charge is 0.342 e. The molecule has 0 aromatic heterocycles. The molecule has 0 saturated carbocycles. The van der Waals surface area contributed by atoms with Crippen LogP contribution in [0.4, 0.5) is 0 Å². The minimum Gasteiger partial charge on any atom is -0.342 e. The Morgan fingerprint density at radius 2 is 1.78 bits per heavy atom. The van der Waals surface area contributed by atoms with E-state index in [1.807, 2.05) is 18.2 Å². The monoisotopic (exact) mass is 392 g/mol. The molecule has 7 heteroatoms. The highest BCUT2D eigenvalue weighted by molar-refractivity contribution is 7.91. The van der Waals surface area contributed by atoms with Gasteiger partial charge in [-0.1, -0.05) is 30.3 Å². The summed E-state index contributed by atoms with van der Waals surface area (Å²) in [4.78, 5) is 28.1. The van der Waals surface area contributed by atoms with Crippen molar-refractivity contribution in [1.82, 2.24) is 9.80 Å². The number of hydrogen-bond acceptors (Lipinski definition) is 4. The van der Waals surface area contributed by atoms with E-state index in [0.717, 1.165) is 19.3 Å². The number of nitrogens with zero attached hydrogens (tertiary/aromatic N) is 2. The molecule has 148 valence electrons. The molecular formula is C20H28N2O4S. The van der Waals surface area contributed by atoms with Crippen LogP contribution in [-0.2, 0) is 25.8 Å². The fourth-order valence-electron chi connectivity index (χ4n) is 3.98. The second-order valence-corrected chi connectivity index (χ2v) is 9.98. The zero-order valence-corrected chi connectivity index (χ0v) is 16.7. The van der Waals surface area contributed by atoms with Crippen LogP contribution < -0.4 is 0 Å². The van der Waals surface area contributed by atoms with E-state index < -0.39 is 9.84 Å². The van der Waals surface area contributed by atoms with Crippen molar-refractivity contribution in [2.24, 2.45) is 5.92 Å². The first-order valence-electron chi connectivity index (χ1n) is 9.62. The van der Waals surface area contributed by atoms with Gasteiger partial charge in [0.15, 0.2) is 9.84 Å². The quantitative estimate of drug-likeness (QED) is 0.712. The predicted molar refractivity (Wildman–Crippen MR) is 104 cm³/mol. The van der Waals surface area contributed by atoms with Crippen molar-refractivity contribution in [3.05, 3.63) is 35.9 Å². The van der Waals surface area contributed by atoms with Crippen molar-refractivity contribution in [2.75, 3.05) is 31.6 Å². The SMILES string of the molecule is CN(C(=O)CC(=O)N1CCC(Cc2ccccc2)CC1)C1CCS(=O)(=O)C1. The molecule has 2 fully saturated rings. The van der Waals surface area contributed by atoms with Gasteiger partial charge in [0, 0.05) is 26.2 Å². The Morgan fingerprint density at radius 1 is 1.11 bits per heavy atom. The lowest BCUT2D eigenvalue weighted by atomic mass is 9.90. The molecule has 2 saturated heterocycles. The summed E-state index contributed by atoms with van der Waals surface area (Å²) in [7, 11) is -1.44. The molecule has 2 aliphatic rings. The summed E-state index contributed by atoms with van der Waals surface area (Å²) < 4.78 is 23.2. The van der Waals surface area contributed by atoms with E-state index in [1.54, 1.807) is 11.9 Å². The molecule has 2 amide bonds. The summed E-state index contributed by atoms with van der Waals surface area (Å²) in [6.45, 7) is 1.37. The molecule has 2 aliphatic heterocycles. The van der Waals surface area contributed by atoms with Crippen LogP contribution in [-0.4, -0.2) is 67.7 Å². The molecule has 0 bridgehead atoms. The Bertz CT molecular complexity index is 770. The number of carbonyl (C=O) groups is 2. The predicted octanol–water partition coefficient (Wildman–Crippen LogP) is 1.50. The van der Waals surface area contributed by atoms with Crippen LogP contribution in [0.25, 0.3) is 0 Å². The molecule has 6 nitrogen and oxygen atoms in total. The van der Waals surface area contributed by atoms with E-state index in [0.29, 0.717) is 25.4 Å². The van der Waals surface area contributed by atoms with E-state index in [2.05, 4.69) is 12.1 Å². The first kappa shape index (κ1) is 19.9. The second kappa shape index (κ2) is 8.42. The Hall–Kier alpha value is -1.89. The highest BCUT2D eigenvalue weighted by Crippen LogP contribution is 2.23. The molecule has 1 aromatic rings. The first-order valence-corrected chi connectivity index (χ1v) is 11.4. The van der Waals surface area contributed by atoms with Gasteiger partial charge in [0.1, 0.15) is 6.42 Å². The molecule has 1 atom stereocenters. The van der Waals surface area contributed by atoms with Crippen molar-refractivity contribution in [2.45, 2.75) is 38.1 Å². The van der Waals surface area contributed by atoms with E-state index in [4.69, 9.17) is 0 Å². The molecule has 0 spiro atoms. The Labute approximate surface area is 161 Å². The standard InChI is InChI=1S/C20H28N2O4S/c1-21(18-9-12-27(25,26)15-18)19(23)14-20(24)22-10-7-17(8-11-22)13-16-5-3-2-4-6-16/h2-6,17-18H,7-15H2,1H3. The van der Waals surface area contributed by atoms with E-state index in [9.17, 15) is 18.0 Å². The number of amides is 2. The van der Waals surface area contributed by atoms with Crippen LogP contribution in [0.15, 0.2) is 30.3 Å². The summed E-state index contributed by atoms with van der Waals surface area (Å²) in [6.07, 6.45) is 3.22. The van der Waals surface area contributed by atoms with Gasteiger partial charge in [-0.3, -0.25) is 9.59 Å². The van der Waals surface area contributed by atoms with Gasteiger partial charge in [-0.05, 0) is 37.2 Å². The number of piperidine rings is 1. The number of likely N-dealkylation sites (tertiary alicyclic amines) is 1. The molecule has 0 aliphatic carbocycles.